The molecule has 0 radical (unpaired) electrons. The normalized spacial score (nSPS) is 19.0. The smallest absolute Gasteiger partial charge is 0.309 e. The molecule has 0 aromatic rings. The van der Waals surface area contributed by atoms with E-state index in [4.69, 9.17) is 4.74 Å². The molecule has 0 spiro atoms. The molecule has 0 fully saturated rings. The van der Waals surface area contributed by atoms with Crippen molar-refractivity contribution in [1.29, 1.82) is 0 Å². The molecule has 33 heavy (non-hydrogen) atoms. The summed E-state index contributed by atoms with van der Waals surface area (Å²) < 4.78 is 5.70. The van der Waals surface area contributed by atoms with E-state index < -0.39 is 0 Å². The number of hydrogen-bond acceptors (Lipinski definition) is 2. The zero-order valence-corrected chi connectivity index (χ0v) is 22.9. The Morgan fingerprint density at radius 2 is 1.36 bits per heavy atom. The van der Waals surface area contributed by atoms with Crippen LogP contribution in [0.15, 0.2) is 23.8 Å². The minimum Gasteiger partial charge on any atom is -0.465 e. The molecule has 2 atom stereocenters. The van der Waals surface area contributed by atoms with Gasteiger partial charge in [0.25, 0.3) is 0 Å². The molecule has 0 saturated carbocycles. The van der Waals surface area contributed by atoms with Gasteiger partial charge in [0.1, 0.15) is 0 Å². The Labute approximate surface area is 207 Å². The number of hydrogen-bond donors (Lipinski definition) is 0. The Hall–Kier alpha value is -1.05. The maximum Gasteiger partial charge on any atom is 0.309 e. The summed E-state index contributed by atoms with van der Waals surface area (Å²) in [6.07, 6.45) is 29.0. The summed E-state index contributed by atoms with van der Waals surface area (Å²) in [5, 5.41) is 0. The van der Waals surface area contributed by atoms with Gasteiger partial charge < -0.3 is 4.74 Å². The Morgan fingerprint density at radius 1 is 0.879 bits per heavy atom. The van der Waals surface area contributed by atoms with E-state index in [9.17, 15) is 4.79 Å². The summed E-state index contributed by atoms with van der Waals surface area (Å²) in [6, 6.07) is 0. The number of unbranched alkanes of at least 4 members (excludes halogenated alkanes) is 14. The molecule has 1 rings (SSSR count). The fourth-order valence-corrected chi connectivity index (χ4v) is 5.18. The van der Waals surface area contributed by atoms with Crippen molar-refractivity contribution in [2.24, 2.45) is 17.3 Å². The van der Waals surface area contributed by atoms with Crippen molar-refractivity contribution < 1.29 is 9.53 Å². The standard InChI is InChI=1S/C31H56O2/c1-6-7-8-9-10-11-12-13-14-15-16-17-18-19-20-23-29(30(32)33-26-27(2)3)31(5)24-21-22-28(4)25-31/h21-22,24,27,29H,6-20,23,25-26H2,1-5H3. The van der Waals surface area contributed by atoms with Crippen LogP contribution in [-0.2, 0) is 9.53 Å². The van der Waals surface area contributed by atoms with Gasteiger partial charge in [-0.1, -0.05) is 148 Å². The first-order valence-corrected chi connectivity index (χ1v) is 14.4. The molecule has 0 bridgehead atoms. The second-order valence-electron chi connectivity index (χ2n) is 11.4. The maximum atomic E-state index is 13.0. The molecule has 0 N–H and O–H groups in total. The van der Waals surface area contributed by atoms with Crippen molar-refractivity contribution in [3.05, 3.63) is 23.8 Å². The summed E-state index contributed by atoms with van der Waals surface area (Å²) in [5.74, 6) is 0.366. The number of carbonyl (C=O) groups excluding carboxylic acids is 1. The van der Waals surface area contributed by atoms with Gasteiger partial charge in [-0.25, -0.2) is 0 Å². The van der Waals surface area contributed by atoms with E-state index in [1.54, 1.807) is 0 Å². The SMILES string of the molecule is CCCCCCCCCCCCCCCCCC(C(=O)OCC(C)C)C1(C)C=CC=C(C)C1. The summed E-state index contributed by atoms with van der Waals surface area (Å²) in [7, 11) is 0. The van der Waals surface area contributed by atoms with E-state index in [1.807, 2.05) is 0 Å². The first-order valence-electron chi connectivity index (χ1n) is 14.4. The zero-order valence-electron chi connectivity index (χ0n) is 22.9. The van der Waals surface area contributed by atoms with Crippen molar-refractivity contribution >= 4 is 5.97 Å². The summed E-state index contributed by atoms with van der Waals surface area (Å²) in [4.78, 5) is 13.0. The molecule has 0 heterocycles. The van der Waals surface area contributed by atoms with Gasteiger partial charge in [0.15, 0.2) is 0 Å². The van der Waals surface area contributed by atoms with Crippen LogP contribution in [0.4, 0.5) is 0 Å². The van der Waals surface area contributed by atoms with Gasteiger partial charge in [0, 0.05) is 5.41 Å². The molecule has 0 aliphatic heterocycles. The van der Waals surface area contributed by atoms with Crippen LogP contribution in [0.3, 0.4) is 0 Å². The molecule has 2 unspecified atom stereocenters. The van der Waals surface area contributed by atoms with Crippen molar-refractivity contribution in [2.75, 3.05) is 6.61 Å². The Kier molecular flexibility index (Phi) is 16.6. The average molecular weight is 461 g/mol. The summed E-state index contributed by atoms with van der Waals surface area (Å²) in [5.41, 5.74) is 1.25. The monoisotopic (exact) mass is 460 g/mol. The Morgan fingerprint density at radius 3 is 1.82 bits per heavy atom. The second kappa shape index (κ2) is 18.3. The molecule has 0 amide bonds. The van der Waals surface area contributed by atoms with Crippen LogP contribution in [0.25, 0.3) is 0 Å². The van der Waals surface area contributed by atoms with Gasteiger partial charge in [-0.05, 0) is 25.7 Å². The van der Waals surface area contributed by atoms with Gasteiger partial charge in [-0.15, -0.1) is 0 Å². The van der Waals surface area contributed by atoms with E-state index in [1.165, 1.54) is 95.5 Å². The molecule has 0 aromatic heterocycles. The first-order chi connectivity index (χ1) is 15.9. The van der Waals surface area contributed by atoms with Crippen LogP contribution in [0, 0.1) is 17.3 Å². The quantitative estimate of drug-likeness (QED) is 0.133. The van der Waals surface area contributed by atoms with Gasteiger partial charge in [0.05, 0.1) is 12.5 Å². The van der Waals surface area contributed by atoms with Crippen molar-refractivity contribution in [1.82, 2.24) is 0 Å². The minimum atomic E-state index is -0.108. The number of rotatable bonds is 20. The molecule has 1 aliphatic rings. The largest absolute Gasteiger partial charge is 0.465 e. The van der Waals surface area contributed by atoms with Crippen molar-refractivity contribution in [3.63, 3.8) is 0 Å². The molecule has 0 aromatic carbocycles. The van der Waals surface area contributed by atoms with Crippen LogP contribution in [-0.4, -0.2) is 12.6 Å². The average Bonchev–Trinajstić information content (AvgIpc) is 2.77. The Bertz CT molecular complexity index is 559. The maximum absolute atomic E-state index is 13.0. The first kappa shape index (κ1) is 30.0. The van der Waals surface area contributed by atoms with E-state index >= 15 is 0 Å². The van der Waals surface area contributed by atoms with Crippen LogP contribution >= 0.6 is 0 Å². The van der Waals surface area contributed by atoms with Gasteiger partial charge in [0.2, 0.25) is 0 Å². The zero-order chi connectivity index (χ0) is 24.4. The lowest BCUT2D eigenvalue weighted by molar-refractivity contribution is -0.153. The summed E-state index contributed by atoms with van der Waals surface area (Å²) >= 11 is 0. The van der Waals surface area contributed by atoms with Crippen LogP contribution in [0.5, 0.6) is 0 Å². The molecular formula is C31H56O2. The third-order valence-corrected chi connectivity index (χ3v) is 7.25. The molecule has 2 nitrogen and oxygen atoms in total. The van der Waals surface area contributed by atoms with Crippen LogP contribution in [0.1, 0.15) is 144 Å². The highest BCUT2D eigenvalue weighted by Crippen LogP contribution is 2.41. The van der Waals surface area contributed by atoms with E-state index in [0.717, 1.165) is 19.3 Å². The highest BCUT2D eigenvalue weighted by atomic mass is 16.5. The lowest BCUT2D eigenvalue weighted by atomic mass is 9.69. The molecule has 0 saturated heterocycles. The number of ether oxygens (including phenoxy) is 1. The molecular weight excluding hydrogens is 404 g/mol. The van der Waals surface area contributed by atoms with E-state index in [-0.39, 0.29) is 17.3 Å². The van der Waals surface area contributed by atoms with E-state index in [2.05, 4.69) is 52.8 Å². The number of allylic oxidation sites excluding steroid dienone is 4. The second-order valence-corrected chi connectivity index (χ2v) is 11.4. The Balaban J connectivity index is 2.18. The van der Waals surface area contributed by atoms with Crippen molar-refractivity contribution in [2.45, 2.75) is 144 Å². The number of carbonyl (C=O) groups is 1. The fourth-order valence-electron chi connectivity index (χ4n) is 5.18. The minimum absolute atomic E-state index is 0.0101. The summed E-state index contributed by atoms with van der Waals surface area (Å²) in [6.45, 7) is 11.4. The number of esters is 1. The van der Waals surface area contributed by atoms with Crippen LogP contribution in [0.2, 0.25) is 0 Å². The third-order valence-electron chi connectivity index (χ3n) is 7.25. The predicted molar refractivity (Wildman–Crippen MR) is 144 cm³/mol. The fraction of sp³-hybridized carbons (Fsp3) is 0.839. The van der Waals surface area contributed by atoms with Crippen LogP contribution < -0.4 is 0 Å². The topological polar surface area (TPSA) is 26.3 Å². The van der Waals surface area contributed by atoms with Gasteiger partial charge >= 0.3 is 5.97 Å². The predicted octanol–water partition coefficient (Wildman–Crippen LogP) is 9.98. The lowest BCUT2D eigenvalue weighted by Crippen LogP contribution is -2.35. The van der Waals surface area contributed by atoms with Gasteiger partial charge in [-0.3, -0.25) is 4.79 Å². The molecule has 1 aliphatic carbocycles. The molecule has 2 heteroatoms. The highest BCUT2D eigenvalue weighted by molar-refractivity contribution is 5.74. The lowest BCUT2D eigenvalue weighted by Gasteiger charge is -2.36. The van der Waals surface area contributed by atoms with Crippen molar-refractivity contribution in [3.8, 4) is 0 Å². The molecule has 192 valence electrons. The highest BCUT2D eigenvalue weighted by Gasteiger charge is 2.38. The van der Waals surface area contributed by atoms with Gasteiger partial charge in [-0.2, -0.15) is 0 Å². The van der Waals surface area contributed by atoms with E-state index in [0.29, 0.717) is 12.5 Å². The third kappa shape index (κ3) is 14.1.